The third kappa shape index (κ3) is 22.2. The van der Waals surface area contributed by atoms with Crippen LogP contribution >= 0.6 is 0 Å². The summed E-state index contributed by atoms with van der Waals surface area (Å²) < 4.78 is 0. The van der Waals surface area contributed by atoms with Crippen molar-refractivity contribution < 1.29 is 62.6 Å². The lowest BCUT2D eigenvalue weighted by molar-refractivity contribution is -0.149. The van der Waals surface area contributed by atoms with Crippen LogP contribution in [0.4, 0.5) is 0 Å². The number of aliphatic carboxylic acids is 1. The third-order valence-corrected chi connectivity index (χ3v) is 16.2. The summed E-state index contributed by atoms with van der Waals surface area (Å²) in [5.41, 5.74) is 3.94. The Hall–Kier alpha value is -7.96. The van der Waals surface area contributed by atoms with Crippen molar-refractivity contribution in [1.29, 1.82) is 0 Å². The molecule has 10 atom stereocenters. The van der Waals surface area contributed by atoms with E-state index in [1.54, 1.807) is 88.4 Å². The number of rotatable bonds is 37. The largest absolute Gasteiger partial charge is 0.480 e. The SMILES string of the molecule is CC(C)C[C@H](NC(=O)[C@H](CCCNC=O)NC(=O)[C@@H](NC(=O)[C@](C)(Cc1ccccc1)NC(=O)[C@H]1CCCN1C(=O)[C@H](CC(C)C)NC(=O)[C@H](CCCNC=O)NC(=O)[C@@H](N)C(C)C)C(C)C)C(=O)N1CCC[C@@H]1C(=O)N[C@@](C)(Cc1ccccc1)C(=O)O. The van der Waals surface area contributed by atoms with Crippen LogP contribution in [-0.2, 0) is 70.4 Å². The van der Waals surface area contributed by atoms with Gasteiger partial charge in [0, 0.05) is 39.0 Å². The molecule has 2 heterocycles. The quantitative estimate of drug-likeness (QED) is 0.0338. The van der Waals surface area contributed by atoms with E-state index in [1.807, 2.05) is 27.7 Å². The number of hydrogen-bond donors (Lipinski definition) is 11. The fraction of sp³-hybridized carbons (Fsp3) is 0.625. The first-order valence-corrected chi connectivity index (χ1v) is 31.2. The Morgan fingerprint density at radius 3 is 1.33 bits per heavy atom. The van der Waals surface area contributed by atoms with Crippen molar-refractivity contribution in [2.75, 3.05) is 26.2 Å². The van der Waals surface area contributed by atoms with Gasteiger partial charge in [0.25, 0.3) is 0 Å². The minimum absolute atomic E-state index is 0.0249. The molecule has 0 saturated carbocycles. The van der Waals surface area contributed by atoms with E-state index < -0.39 is 124 Å². The molecular weight excluding hydrogens is 1140 g/mol. The molecule has 11 amide bonds. The van der Waals surface area contributed by atoms with Gasteiger partial charge in [0.1, 0.15) is 53.4 Å². The molecule has 0 spiro atoms. The molecule has 0 unspecified atom stereocenters. The standard InChI is InChI=1S/C64H98N12O13/c1-39(2)33-47(70-53(79)45(25-17-29-66-37-77)68-57(83)51(65)41(5)6)59(85)75-31-19-27-49(75)55(81)73-63(9,35-43-21-13-11-14-22-43)61(87)72-52(42(7)8)58(84)69-46(26-18-30-67-38-78)54(80)71-48(34-40(3)4)60(86)76-32-20-28-50(76)56(82)74-64(10,62(88)89)36-44-23-15-12-16-24-44/h11-16,21-24,37-42,45-52H,17-20,25-36,65H2,1-10H3,(H,66,77)(H,67,78)(H,68,83)(H,69,84)(H,70,79)(H,71,80)(H,72,87)(H,73,81)(H,74,82)(H,88,89)/t45-,46-,47-,48-,49+,50+,51-,52-,63-,64-/m0/s1. The smallest absolute Gasteiger partial charge is 0.329 e. The molecule has 2 aliphatic heterocycles. The van der Waals surface area contributed by atoms with Gasteiger partial charge in [-0.3, -0.25) is 52.7 Å². The minimum Gasteiger partial charge on any atom is -0.480 e. The highest BCUT2D eigenvalue weighted by Gasteiger charge is 2.46. The summed E-state index contributed by atoms with van der Waals surface area (Å²) >= 11 is 0. The van der Waals surface area contributed by atoms with E-state index in [1.165, 1.54) is 23.6 Å². The molecule has 2 saturated heterocycles. The number of carbonyl (C=O) groups is 12. The van der Waals surface area contributed by atoms with Crippen LogP contribution in [0.25, 0.3) is 0 Å². The van der Waals surface area contributed by atoms with Crippen molar-refractivity contribution >= 4 is 72.0 Å². The number of hydrogen-bond acceptors (Lipinski definition) is 13. The van der Waals surface area contributed by atoms with Gasteiger partial charge < -0.3 is 68.5 Å². The second kappa shape index (κ2) is 35.3. The van der Waals surface area contributed by atoms with E-state index in [-0.39, 0.29) is 102 Å². The normalized spacial score (nSPS) is 18.2. The number of carboxylic acid groups (broad SMARTS) is 1. The number of carbonyl (C=O) groups excluding carboxylic acids is 11. The van der Waals surface area contributed by atoms with Crippen molar-refractivity contribution in [3.8, 4) is 0 Å². The maximum Gasteiger partial charge on any atom is 0.329 e. The first-order chi connectivity index (χ1) is 42.1. The maximum absolute atomic E-state index is 15.0. The van der Waals surface area contributed by atoms with Crippen LogP contribution in [0.15, 0.2) is 60.7 Å². The number of benzene rings is 2. The first-order valence-electron chi connectivity index (χ1n) is 31.2. The highest BCUT2D eigenvalue weighted by atomic mass is 16.4. The zero-order chi connectivity index (χ0) is 66.2. The van der Waals surface area contributed by atoms with E-state index >= 15 is 4.79 Å². The molecule has 0 aromatic heterocycles. The average molecular weight is 1240 g/mol. The molecule has 2 aromatic rings. The number of carboxylic acids is 1. The summed E-state index contributed by atoms with van der Waals surface area (Å²) in [5, 5.41) is 35.0. The van der Waals surface area contributed by atoms with Crippen LogP contribution in [0.1, 0.15) is 145 Å². The van der Waals surface area contributed by atoms with E-state index in [9.17, 15) is 57.8 Å². The van der Waals surface area contributed by atoms with E-state index in [0.29, 0.717) is 43.2 Å². The van der Waals surface area contributed by atoms with Crippen LogP contribution in [-0.4, -0.2) is 172 Å². The van der Waals surface area contributed by atoms with Gasteiger partial charge in [0.15, 0.2) is 0 Å². The lowest BCUT2D eigenvalue weighted by Gasteiger charge is -2.36. The zero-order valence-electron chi connectivity index (χ0n) is 53.5. The summed E-state index contributed by atoms with van der Waals surface area (Å²) in [6.07, 6.45) is 3.07. The van der Waals surface area contributed by atoms with Crippen molar-refractivity contribution in [2.45, 2.75) is 206 Å². The summed E-state index contributed by atoms with van der Waals surface area (Å²) in [4.78, 5) is 167. The zero-order valence-corrected chi connectivity index (χ0v) is 53.5. The molecule has 2 aromatic carbocycles. The second-order valence-corrected chi connectivity index (χ2v) is 25.5. The van der Waals surface area contributed by atoms with Gasteiger partial charge in [0.2, 0.25) is 66.0 Å². The Balaban J connectivity index is 1.59. The van der Waals surface area contributed by atoms with Gasteiger partial charge in [-0.2, -0.15) is 0 Å². The molecule has 25 nitrogen and oxygen atoms in total. The van der Waals surface area contributed by atoms with Crippen molar-refractivity contribution in [3.63, 3.8) is 0 Å². The predicted octanol–water partition coefficient (Wildman–Crippen LogP) is 1.50. The minimum atomic E-state index is -1.78. The van der Waals surface area contributed by atoms with E-state index in [4.69, 9.17) is 5.73 Å². The van der Waals surface area contributed by atoms with E-state index in [2.05, 4.69) is 47.9 Å². The summed E-state index contributed by atoms with van der Waals surface area (Å²) in [5.74, 6) is -8.40. The number of likely N-dealkylation sites (tertiary alicyclic amines) is 2. The highest BCUT2D eigenvalue weighted by Crippen LogP contribution is 2.26. The molecule has 492 valence electrons. The highest BCUT2D eigenvalue weighted by molar-refractivity contribution is 6.00. The van der Waals surface area contributed by atoms with Crippen LogP contribution in [0.2, 0.25) is 0 Å². The molecule has 0 aliphatic carbocycles. The second-order valence-electron chi connectivity index (χ2n) is 25.5. The molecule has 2 fully saturated rings. The van der Waals surface area contributed by atoms with Gasteiger partial charge in [-0.05, 0) is 113 Å². The molecule has 25 heteroatoms. The van der Waals surface area contributed by atoms with Crippen LogP contribution in [0.5, 0.6) is 0 Å². The number of amides is 11. The molecule has 89 heavy (non-hydrogen) atoms. The number of nitrogens with one attached hydrogen (secondary N) is 9. The topological polar surface area (TPSA) is 366 Å². The average Bonchev–Trinajstić information content (AvgIpc) is 3.50. The Morgan fingerprint density at radius 2 is 0.944 bits per heavy atom. The summed E-state index contributed by atoms with van der Waals surface area (Å²) in [7, 11) is 0. The maximum atomic E-state index is 15.0. The molecule has 0 bridgehead atoms. The molecule has 2 aliphatic rings. The van der Waals surface area contributed by atoms with Gasteiger partial charge in [-0.15, -0.1) is 0 Å². The Morgan fingerprint density at radius 1 is 0.551 bits per heavy atom. The summed E-state index contributed by atoms with van der Waals surface area (Å²) in [6, 6.07) is 8.49. The van der Waals surface area contributed by atoms with Crippen LogP contribution in [0.3, 0.4) is 0 Å². The Kier molecular flexibility index (Phi) is 29.1. The lowest BCUT2D eigenvalue weighted by Crippen LogP contribution is -2.65. The van der Waals surface area contributed by atoms with Gasteiger partial charge in [-0.25, -0.2) is 4.79 Å². The van der Waals surface area contributed by atoms with Crippen LogP contribution in [0, 0.1) is 23.7 Å². The molecule has 4 rings (SSSR count). The fourth-order valence-electron chi connectivity index (χ4n) is 11.1. The summed E-state index contributed by atoms with van der Waals surface area (Å²) in [6.45, 7) is 17.8. The number of nitrogens with two attached hydrogens (primary N) is 1. The lowest BCUT2D eigenvalue weighted by atomic mass is 9.90. The van der Waals surface area contributed by atoms with Crippen molar-refractivity contribution in [3.05, 3.63) is 71.8 Å². The Labute approximate surface area is 523 Å². The van der Waals surface area contributed by atoms with Gasteiger partial charge in [-0.1, -0.05) is 116 Å². The van der Waals surface area contributed by atoms with Crippen LogP contribution < -0.4 is 53.6 Å². The molecule has 12 N–H and O–H groups in total. The Bertz CT molecular complexity index is 2730. The van der Waals surface area contributed by atoms with Crippen molar-refractivity contribution in [1.82, 2.24) is 57.7 Å². The molecular formula is C64H98N12O13. The number of nitrogens with zero attached hydrogens (tertiary/aromatic N) is 2. The fourth-order valence-corrected chi connectivity index (χ4v) is 11.1. The first kappa shape index (κ1) is 73.5. The molecule has 0 radical (unpaired) electrons. The predicted molar refractivity (Wildman–Crippen MR) is 333 cm³/mol. The van der Waals surface area contributed by atoms with Gasteiger partial charge in [0.05, 0.1) is 6.04 Å². The monoisotopic (exact) mass is 1240 g/mol. The van der Waals surface area contributed by atoms with Crippen molar-refractivity contribution in [2.24, 2.45) is 29.4 Å². The third-order valence-electron chi connectivity index (χ3n) is 16.2. The van der Waals surface area contributed by atoms with Gasteiger partial charge >= 0.3 is 5.97 Å². The van der Waals surface area contributed by atoms with E-state index in [0.717, 1.165) is 0 Å².